The van der Waals surface area contributed by atoms with Crippen LogP contribution in [0.3, 0.4) is 0 Å². The van der Waals surface area contributed by atoms with Gasteiger partial charge in [0.25, 0.3) is 0 Å². The molecule has 3 rings (SSSR count). The van der Waals surface area contributed by atoms with Gasteiger partial charge in [-0.3, -0.25) is 14.6 Å². The van der Waals surface area contributed by atoms with Gasteiger partial charge in [-0.1, -0.05) is 29.8 Å². The van der Waals surface area contributed by atoms with E-state index in [-0.39, 0.29) is 30.0 Å². The Kier molecular flexibility index (Phi) is 10.8. The van der Waals surface area contributed by atoms with Gasteiger partial charge in [-0.05, 0) is 24.1 Å². The van der Waals surface area contributed by atoms with E-state index in [0.717, 1.165) is 68.9 Å². The minimum atomic E-state index is 0. The molecule has 0 spiro atoms. The summed E-state index contributed by atoms with van der Waals surface area (Å²) >= 11 is 6.50. The Bertz CT molecular complexity index is 736. The Balaban J connectivity index is 0.00000300. The van der Waals surface area contributed by atoms with Crippen molar-refractivity contribution in [1.29, 1.82) is 0 Å². The van der Waals surface area contributed by atoms with Crippen LogP contribution in [-0.2, 0) is 11.3 Å². The highest BCUT2D eigenvalue weighted by molar-refractivity contribution is 14.0. The van der Waals surface area contributed by atoms with Gasteiger partial charge < -0.3 is 15.4 Å². The number of guanidine groups is 1. The summed E-state index contributed by atoms with van der Waals surface area (Å²) in [5.41, 5.74) is 1.13. The summed E-state index contributed by atoms with van der Waals surface area (Å²) in [5.74, 6) is 0.797. The summed E-state index contributed by atoms with van der Waals surface area (Å²) in [4.78, 5) is 6.77. The van der Waals surface area contributed by atoms with Crippen LogP contribution in [0, 0.1) is 0 Å². The molecule has 0 saturated carbocycles. The number of halogens is 2. The summed E-state index contributed by atoms with van der Waals surface area (Å²) in [6, 6.07) is 10.2. The zero-order chi connectivity index (χ0) is 19.6. The Morgan fingerprint density at radius 3 is 2.72 bits per heavy atom. The number of aryl methyl sites for hydroxylation is 1. The topological polar surface area (TPSA) is 66.7 Å². The van der Waals surface area contributed by atoms with Gasteiger partial charge in [0, 0.05) is 57.2 Å². The second-order valence-electron chi connectivity index (χ2n) is 6.69. The Hall–Kier alpha value is -1.36. The molecule has 0 bridgehead atoms. The van der Waals surface area contributed by atoms with Crippen molar-refractivity contribution in [3.8, 4) is 0 Å². The number of aliphatic imine (C=N–C) groups is 1. The molecule has 2 N–H and O–H groups in total. The summed E-state index contributed by atoms with van der Waals surface area (Å²) in [6.45, 7) is 5.73. The molecular formula is C20H30ClIN6O. The summed E-state index contributed by atoms with van der Waals surface area (Å²) < 4.78 is 7.45. The summed E-state index contributed by atoms with van der Waals surface area (Å²) in [5, 5.41) is 11.9. The van der Waals surface area contributed by atoms with Crippen molar-refractivity contribution in [2.75, 3.05) is 46.4 Å². The quantitative estimate of drug-likeness (QED) is 0.237. The number of morpholine rings is 1. The fraction of sp³-hybridized carbons (Fsp3) is 0.500. The number of ether oxygens (including phenoxy) is 1. The number of aromatic nitrogens is 2. The lowest BCUT2D eigenvalue weighted by Crippen LogP contribution is -2.46. The minimum Gasteiger partial charge on any atom is -0.379 e. The lowest BCUT2D eigenvalue weighted by atomic mass is 10.0. The van der Waals surface area contributed by atoms with Crippen LogP contribution in [0.5, 0.6) is 0 Å². The lowest BCUT2D eigenvalue weighted by Gasteiger charge is -2.35. The molecular weight excluding hydrogens is 503 g/mol. The normalized spacial score (nSPS) is 16.1. The first-order valence-electron chi connectivity index (χ1n) is 9.76. The standard InChI is InChI=1S/C20H29ClN6O.HI/c1-22-20(23-8-4-10-27-11-5-9-25-27)24-16-19(26-12-14-28-15-13-26)17-6-2-3-7-18(17)21;/h2-3,5-7,9,11,19H,4,8,10,12-16H2,1H3,(H2,22,23,24);1H. The molecule has 7 nitrogen and oxygen atoms in total. The molecule has 1 atom stereocenters. The average molecular weight is 533 g/mol. The highest BCUT2D eigenvalue weighted by atomic mass is 127. The highest BCUT2D eigenvalue weighted by Gasteiger charge is 2.24. The van der Waals surface area contributed by atoms with Gasteiger partial charge in [0.15, 0.2) is 5.96 Å². The largest absolute Gasteiger partial charge is 0.379 e. The van der Waals surface area contributed by atoms with Crippen LogP contribution in [0.15, 0.2) is 47.7 Å². The van der Waals surface area contributed by atoms with E-state index in [0.29, 0.717) is 0 Å². The average Bonchev–Trinajstić information content (AvgIpc) is 3.25. The minimum absolute atomic E-state index is 0. The van der Waals surface area contributed by atoms with Crippen molar-refractivity contribution in [2.45, 2.75) is 19.0 Å². The van der Waals surface area contributed by atoms with E-state index in [1.54, 1.807) is 13.2 Å². The van der Waals surface area contributed by atoms with Gasteiger partial charge in [-0.25, -0.2) is 0 Å². The molecule has 1 aliphatic rings. The predicted molar refractivity (Wildman–Crippen MR) is 128 cm³/mol. The molecule has 1 unspecified atom stereocenters. The zero-order valence-electron chi connectivity index (χ0n) is 16.8. The molecule has 1 aromatic heterocycles. The van der Waals surface area contributed by atoms with Crippen molar-refractivity contribution < 1.29 is 4.74 Å². The maximum absolute atomic E-state index is 6.50. The fourth-order valence-corrected chi connectivity index (χ4v) is 3.63. The van der Waals surface area contributed by atoms with Gasteiger partial charge in [-0.2, -0.15) is 5.10 Å². The Morgan fingerprint density at radius 1 is 1.24 bits per heavy atom. The molecule has 1 aliphatic heterocycles. The molecule has 9 heteroatoms. The number of hydrogen-bond donors (Lipinski definition) is 2. The van der Waals surface area contributed by atoms with E-state index in [4.69, 9.17) is 16.3 Å². The van der Waals surface area contributed by atoms with Crippen molar-refractivity contribution in [3.05, 3.63) is 53.3 Å². The smallest absolute Gasteiger partial charge is 0.191 e. The van der Waals surface area contributed by atoms with Crippen LogP contribution in [0.25, 0.3) is 0 Å². The molecule has 2 aromatic rings. The third kappa shape index (κ3) is 7.44. The first-order valence-corrected chi connectivity index (χ1v) is 10.1. The number of rotatable bonds is 8. The molecule has 1 saturated heterocycles. The maximum atomic E-state index is 6.50. The van der Waals surface area contributed by atoms with Crippen molar-refractivity contribution in [3.63, 3.8) is 0 Å². The van der Waals surface area contributed by atoms with Gasteiger partial charge in [-0.15, -0.1) is 24.0 Å². The predicted octanol–water partition coefficient (Wildman–Crippen LogP) is 2.78. The first kappa shape index (κ1) is 23.9. The van der Waals surface area contributed by atoms with Crippen LogP contribution in [0.2, 0.25) is 5.02 Å². The molecule has 1 fully saturated rings. The van der Waals surface area contributed by atoms with Gasteiger partial charge in [0.05, 0.1) is 19.3 Å². The summed E-state index contributed by atoms with van der Waals surface area (Å²) in [6.07, 6.45) is 4.75. The number of hydrogen-bond acceptors (Lipinski definition) is 4. The fourth-order valence-electron chi connectivity index (χ4n) is 3.36. The van der Waals surface area contributed by atoms with Crippen molar-refractivity contribution in [1.82, 2.24) is 25.3 Å². The molecule has 0 radical (unpaired) electrons. The van der Waals surface area contributed by atoms with E-state index in [1.165, 1.54) is 0 Å². The number of benzene rings is 1. The molecule has 160 valence electrons. The monoisotopic (exact) mass is 532 g/mol. The number of nitrogens with one attached hydrogen (secondary N) is 2. The highest BCUT2D eigenvalue weighted by Crippen LogP contribution is 2.27. The van der Waals surface area contributed by atoms with Crippen LogP contribution < -0.4 is 10.6 Å². The molecule has 0 aliphatic carbocycles. The van der Waals surface area contributed by atoms with E-state index in [1.807, 2.05) is 35.1 Å². The van der Waals surface area contributed by atoms with E-state index < -0.39 is 0 Å². The van der Waals surface area contributed by atoms with Crippen molar-refractivity contribution in [2.24, 2.45) is 4.99 Å². The molecule has 0 amide bonds. The van der Waals surface area contributed by atoms with E-state index in [2.05, 4.69) is 31.7 Å². The Morgan fingerprint density at radius 2 is 2.03 bits per heavy atom. The van der Waals surface area contributed by atoms with E-state index >= 15 is 0 Å². The van der Waals surface area contributed by atoms with Gasteiger partial charge in [0.2, 0.25) is 0 Å². The third-order valence-corrected chi connectivity index (χ3v) is 5.20. The van der Waals surface area contributed by atoms with Crippen molar-refractivity contribution >= 4 is 41.5 Å². The molecule has 2 heterocycles. The van der Waals surface area contributed by atoms with Gasteiger partial charge >= 0.3 is 0 Å². The Labute approximate surface area is 194 Å². The lowest BCUT2D eigenvalue weighted by molar-refractivity contribution is 0.0170. The van der Waals surface area contributed by atoms with E-state index in [9.17, 15) is 0 Å². The van der Waals surface area contributed by atoms with Crippen LogP contribution in [0.1, 0.15) is 18.0 Å². The van der Waals surface area contributed by atoms with Crippen LogP contribution in [-0.4, -0.2) is 67.1 Å². The molecule has 1 aromatic carbocycles. The number of nitrogens with zero attached hydrogens (tertiary/aromatic N) is 4. The second-order valence-corrected chi connectivity index (χ2v) is 7.10. The summed E-state index contributed by atoms with van der Waals surface area (Å²) in [7, 11) is 1.79. The van der Waals surface area contributed by atoms with Crippen LogP contribution in [0.4, 0.5) is 0 Å². The van der Waals surface area contributed by atoms with Crippen LogP contribution >= 0.6 is 35.6 Å². The zero-order valence-corrected chi connectivity index (χ0v) is 19.8. The SMILES string of the molecule is CN=C(NCCCn1cccn1)NCC(c1ccccc1Cl)N1CCOCC1.I. The van der Waals surface area contributed by atoms with Gasteiger partial charge in [0.1, 0.15) is 0 Å². The first-order chi connectivity index (χ1) is 13.8. The molecule has 29 heavy (non-hydrogen) atoms. The second kappa shape index (κ2) is 13.0. The third-order valence-electron chi connectivity index (χ3n) is 4.85. The maximum Gasteiger partial charge on any atom is 0.191 e.